The maximum atomic E-state index is 12.3. The zero-order valence-electron chi connectivity index (χ0n) is 16.6. The standard InChI is InChI=1S/C20H32N4O2.2ClH/c1-16(21)7-12-19(25)22-17-8-10-18(11-9-17)23-20(26)15-24-13-5-3-2-4-6-14-24;;/h8-11,16H,2-7,12-15,21H2,1H3,(H,22,25)(H,23,26);2*1H. The summed E-state index contributed by atoms with van der Waals surface area (Å²) >= 11 is 0. The largest absolute Gasteiger partial charge is 0.328 e. The van der Waals surface area contributed by atoms with Gasteiger partial charge >= 0.3 is 0 Å². The molecule has 4 N–H and O–H groups in total. The molecule has 0 radical (unpaired) electrons. The van der Waals surface area contributed by atoms with E-state index in [4.69, 9.17) is 5.73 Å². The first kappa shape index (κ1) is 26.7. The van der Waals surface area contributed by atoms with E-state index in [1.807, 2.05) is 19.1 Å². The molecule has 1 atom stereocenters. The summed E-state index contributed by atoms with van der Waals surface area (Å²) < 4.78 is 0. The summed E-state index contributed by atoms with van der Waals surface area (Å²) in [6, 6.07) is 7.25. The van der Waals surface area contributed by atoms with Crippen LogP contribution in [0.4, 0.5) is 11.4 Å². The zero-order chi connectivity index (χ0) is 18.8. The van der Waals surface area contributed by atoms with Crippen LogP contribution in [0.2, 0.25) is 0 Å². The predicted molar refractivity (Wildman–Crippen MR) is 121 cm³/mol. The average Bonchev–Trinajstić information content (AvgIpc) is 2.57. The van der Waals surface area contributed by atoms with Crippen molar-refractivity contribution in [3.8, 4) is 0 Å². The van der Waals surface area contributed by atoms with Gasteiger partial charge < -0.3 is 16.4 Å². The lowest BCUT2D eigenvalue weighted by Crippen LogP contribution is -2.35. The van der Waals surface area contributed by atoms with Crippen LogP contribution in [0.3, 0.4) is 0 Å². The minimum atomic E-state index is -0.0452. The van der Waals surface area contributed by atoms with E-state index in [2.05, 4.69) is 15.5 Å². The molecule has 1 unspecified atom stereocenters. The Labute approximate surface area is 180 Å². The first-order valence-electron chi connectivity index (χ1n) is 9.70. The van der Waals surface area contributed by atoms with Gasteiger partial charge in [-0.3, -0.25) is 14.5 Å². The third-order valence-electron chi connectivity index (χ3n) is 4.60. The number of halogens is 2. The molecule has 160 valence electrons. The number of carbonyl (C=O) groups excluding carboxylic acids is 2. The second-order valence-corrected chi connectivity index (χ2v) is 7.23. The maximum Gasteiger partial charge on any atom is 0.238 e. The molecule has 0 spiro atoms. The van der Waals surface area contributed by atoms with Gasteiger partial charge in [0.05, 0.1) is 6.54 Å². The smallest absolute Gasteiger partial charge is 0.238 e. The third kappa shape index (κ3) is 10.9. The van der Waals surface area contributed by atoms with Crippen LogP contribution in [0.1, 0.15) is 51.9 Å². The monoisotopic (exact) mass is 432 g/mol. The Morgan fingerprint density at radius 3 is 1.89 bits per heavy atom. The van der Waals surface area contributed by atoms with Gasteiger partial charge in [0.1, 0.15) is 0 Å². The van der Waals surface area contributed by atoms with Gasteiger partial charge in [0.2, 0.25) is 11.8 Å². The van der Waals surface area contributed by atoms with Crippen molar-refractivity contribution in [1.82, 2.24) is 4.90 Å². The van der Waals surface area contributed by atoms with Crippen LogP contribution in [-0.4, -0.2) is 42.4 Å². The summed E-state index contributed by atoms with van der Waals surface area (Å²) in [5.41, 5.74) is 7.13. The molecule has 1 aliphatic rings. The Kier molecular flexibility index (Phi) is 13.9. The lowest BCUT2D eigenvalue weighted by Gasteiger charge is -2.23. The topological polar surface area (TPSA) is 87.5 Å². The van der Waals surface area contributed by atoms with E-state index in [1.54, 1.807) is 12.1 Å². The van der Waals surface area contributed by atoms with Crippen LogP contribution >= 0.6 is 24.8 Å². The second-order valence-electron chi connectivity index (χ2n) is 7.23. The number of hydrogen-bond acceptors (Lipinski definition) is 4. The van der Waals surface area contributed by atoms with E-state index >= 15 is 0 Å². The van der Waals surface area contributed by atoms with Gasteiger partial charge in [0, 0.05) is 23.8 Å². The van der Waals surface area contributed by atoms with Crippen molar-refractivity contribution in [3.63, 3.8) is 0 Å². The molecule has 8 heteroatoms. The molecule has 1 aromatic carbocycles. The molecule has 1 fully saturated rings. The Morgan fingerprint density at radius 2 is 1.39 bits per heavy atom. The van der Waals surface area contributed by atoms with Crippen LogP contribution in [0.5, 0.6) is 0 Å². The van der Waals surface area contributed by atoms with Crippen molar-refractivity contribution in [1.29, 1.82) is 0 Å². The van der Waals surface area contributed by atoms with E-state index in [1.165, 1.54) is 32.1 Å². The number of nitrogens with two attached hydrogens (primary N) is 1. The fourth-order valence-electron chi connectivity index (χ4n) is 3.09. The molecule has 0 bridgehead atoms. The van der Waals surface area contributed by atoms with Crippen molar-refractivity contribution < 1.29 is 9.59 Å². The van der Waals surface area contributed by atoms with E-state index in [9.17, 15) is 9.59 Å². The number of likely N-dealkylation sites (tertiary alicyclic amines) is 1. The lowest BCUT2D eigenvalue weighted by molar-refractivity contribution is -0.117. The van der Waals surface area contributed by atoms with Crippen LogP contribution < -0.4 is 16.4 Å². The summed E-state index contributed by atoms with van der Waals surface area (Å²) in [6.45, 7) is 4.33. The maximum absolute atomic E-state index is 12.3. The lowest BCUT2D eigenvalue weighted by atomic mass is 10.1. The number of anilines is 2. The van der Waals surface area contributed by atoms with Crippen LogP contribution in [-0.2, 0) is 9.59 Å². The number of carbonyl (C=O) groups is 2. The van der Waals surface area contributed by atoms with Crippen molar-refractivity contribution >= 4 is 48.0 Å². The highest BCUT2D eigenvalue weighted by Crippen LogP contribution is 2.15. The van der Waals surface area contributed by atoms with E-state index in [0.29, 0.717) is 19.4 Å². The van der Waals surface area contributed by atoms with E-state index < -0.39 is 0 Å². The van der Waals surface area contributed by atoms with Gasteiger partial charge in [-0.1, -0.05) is 19.3 Å². The Morgan fingerprint density at radius 1 is 0.929 bits per heavy atom. The van der Waals surface area contributed by atoms with Gasteiger partial charge in [-0.25, -0.2) is 0 Å². The summed E-state index contributed by atoms with van der Waals surface area (Å²) in [5, 5.41) is 5.78. The Balaban J connectivity index is 0.00000364. The number of benzene rings is 1. The van der Waals surface area contributed by atoms with Crippen molar-refractivity contribution in [2.75, 3.05) is 30.3 Å². The quantitative estimate of drug-likeness (QED) is 0.611. The minimum absolute atomic E-state index is 0. The minimum Gasteiger partial charge on any atom is -0.328 e. The normalized spacial score (nSPS) is 15.8. The SMILES string of the molecule is CC(N)CCC(=O)Nc1ccc(NC(=O)CN2CCCCCCC2)cc1.Cl.Cl. The molecule has 0 aliphatic carbocycles. The van der Waals surface area contributed by atoms with Gasteiger partial charge in [-0.2, -0.15) is 0 Å². The Hall–Kier alpha value is -1.34. The second kappa shape index (κ2) is 14.6. The molecule has 6 nitrogen and oxygen atoms in total. The molecular weight excluding hydrogens is 399 g/mol. The molecule has 1 heterocycles. The van der Waals surface area contributed by atoms with Crippen LogP contribution in [0.15, 0.2) is 24.3 Å². The summed E-state index contributed by atoms with van der Waals surface area (Å²) in [4.78, 5) is 26.3. The number of hydrogen-bond donors (Lipinski definition) is 3. The van der Waals surface area contributed by atoms with E-state index in [-0.39, 0.29) is 42.7 Å². The van der Waals surface area contributed by atoms with Gasteiger partial charge in [-0.15, -0.1) is 24.8 Å². The molecule has 0 saturated carbocycles. The zero-order valence-corrected chi connectivity index (χ0v) is 18.2. The summed E-state index contributed by atoms with van der Waals surface area (Å²) in [6.07, 6.45) is 7.25. The van der Waals surface area contributed by atoms with Crippen LogP contribution in [0.25, 0.3) is 0 Å². The fourth-order valence-corrected chi connectivity index (χ4v) is 3.09. The molecular formula is C20H34Cl2N4O2. The molecule has 2 amide bonds. The van der Waals surface area contributed by atoms with Crippen LogP contribution in [0, 0.1) is 0 Å². The molecule has 2 rings (SSSR count). The van der Waals surface area contributed by atoms with Gasteiger partial charge in [0.15, 0.2) is 0 Å². The third-order valence-corrected chi connectivity index (χ3v) is 4.60. The van der Waals surface area contributed by atoms with Crippen molar-refractivity contribution in [2.45, 2.75) is 57.9 Å². The first-order chi connectivity index (χ1) is 12.5. The number of nitrogens with zero attached hydrogens (tertiary/aromatic N) is 1. The van der Waals surface area contributed by atoms with Gasteiger partial charge in [0.25, 0.3) is 0 Å². The molecule has 0 aromatic heterocycles. The summed E-state index contributed by atoms with van der Waals surface area (Å²) in [7, 11) is 0. The fraction of sp³-hybridized carbons (Fsp3) is 0.600. The molecule has 1 saturated heterocycles. The van der Waals surface area contributed by atoms with E-state index in [0.717, 1.165) is 24.5 Å². The molecule has 1 aliphatic heterocycles. The molecule has 28 heavy (non-hydrogen) atoms. The highest BCUT2D eigenvalue weighted by Gasteiger charge is 2.12. The van der Waals surface area contributed by atoms with Crippen molar-refractivity contribution in [3.05, 3.63) is 24.3 Å². The number of nitrogens with one attached hydrogen (secondary N) is 2. The highest BCUT2D eigenvalue weighted by molar-refractivity contribution is 5.93. The predicted octanol–water partition coefficient (Wildman–Crippen LogP) is 3.80. The molecule has 1 aromatic rings. The highest BCUT2D eigenvalue weighted by atomic mass is 35.5. The number of rotatable bonds is 7. The number of amides is 2. The van der Waals surface area contributed by atoms with Gasteiger partial charge in [-0.05, 0) is 63.5 Å². The Bertz CT molecular complexity index is 574. The average molecular weight is 433 g/mol. The van der Waals surface area contributed by atoms with Crippen molar-refractivity contribution in [2.24, 2.45) is 5.73 Å². The summed E-state index contributed by atoms with van der Waals surface area (Å²) in [5.74, 6) is -0.0320. The first-order valence-corrected chi connectivity index (χ1v) is 9.70.